The van der Waals surface area contributed by atoms with E-state index in [0.717, 1.165) is 11.1 Å². The molecule has 2 N–H and O–H groups in total. The van der Waals surface area contributed by atoms with Crippen molar-refractivity contribution in [2.45, 2.75) is 54.4 Å². The Morgan fingerprint density at radius 2 is 0.909 bits per heavy atom. The van der Waals surface area contributed by atoms with Gasteiger partial charge in [0.05, 0.1) is 0 Å². The van der Waals surface area contributed by atoms with E-state index in [1.54, 1.807) is 13.8 Å². The van der Waals surface area contributed by atoms with Crippen molar-refractivity contribution >= 4 is 11.6 Å². The number of Topliss-reactive ketones (excluding diaryl/α,β-unsaturated/α-hetero) is 2. The van der Waals surface area contributed by atoms with Gasteiger partial charge in [-0.2, -0.15) is 0 Å². The van der Waals surface area contributed by atoms with Crippen molar-refractivity contribution in [3.63, 3.8) is 0 Å². The third kappa shape index (κ3) is 10.7. The smallest absolute Gasteiger partial charge is 0.166 e. The fourth-order valence-electron chi connectivity index (χ4n) is 2.98. The van der Waals surface area contributed by atoms with Crippen LogP contribution in [0.4, 0.5) is 0 Å². The van der Waals surface area contributed by atoms with Gasteiger partial charge in [-0.15, -0.1) is 0 Å². The van der Waals surface area contributed by atoms with Gasteiger partial charge in [-0.1, -0.05) is 88.4 Å². The van der Waals surface area contributed by atoms with E-state index in [1.807, 2.05) is 88.4 Å². The molecule has 0 atom stereocenters. The molecule has 0 amide bonds. The molecule has 183 valence electrons. The van der Waals surface area contributed by atoms with E-state index in [4.69, 9.17) is 0 Å². The molecule has 0 aliphatic carbocycles. The predicted molar refractivity (Wildman–Crippen MR) is 131 cm³/mol. The maximum absolute atomic E-state index is 11.8. The van der Waals surface area contributed by atoms with Crippen LogP contribution < -0.4 is 0 Å². The summed E-state index contributed by atoms with van der Waals surface area (Å²) in [6, 6.07) is 19.1. The number of hydrogen-bond acceptors (Lipinski definition) is 4. The van der Waals surface area contributed by atoms with Gasteiger partial charge in [0.15, 0.2) is 11.6 Å². The van der Waals surface area contributed by atoms with E-state index in [1.165, 1.54) is 0 Å². The first kappa shape index (κ1) is 30.4. The van der Waals surface area contributed by atoms with Crippen molar-refractivity contribution < 1.29 is 36.9 Å². The largest absolute Gasteiger partial charge is 0.512 e. The molecular weight excluding hydrogens is 464 g/mol. The number of benzene rings is 2. The van der Waals surface area contributed by atoms with E-state index in [2.05, 4.69) is 0 Å². The number of aliphatic hydroxyl groups excluding tert-OH is 2. The molecule has 0 unspecified atom stereocenters. The average molecular weight is 500 g/mol. The molecule has 2 aromatic rings. The van der Waals surface area contributed by atoms with Crippen LogP contribution in [0, 0.1) is 11.8 Å². The van der Waals surface area contributed by atoms with Gasteiger partial charge in [-0.25, -0.2) is 0 Å². The summed E-state index contributed by atoms with van der Waals surface area (Å²) in [5.74, 6) is 0.358. The third-order valence-corrected chi connectivity index (χ3v) is 5.11. The van der Waals surface area contributed by atoms with E-state index < -0.39 is 0 Å². The number of allylic oxidation sites excluding steroid dienone is 4. The first-order valence-electron chi connectivity index (χ1n) is 11.0. The Morgan fingerprint density at radius 1 is 0.636 bits per heavy atom. The molecule has 0 bridgehead atoms. The van der Waals surface area contributed by atoms with Gasteiger partial charge in [-0.3, -0.25) is 9.59 Å². The zero-order valence-electron chi connectivity index (χ0n) is 20.4. The van der Waals surface area contributed by atoms with Crippen molar-refractivity contribution in [1.82, 2.24) is 0 Å². The summed E-state index contributed by atoms with van der Waals surface area (Å²) in [4.78, 5) is 23.7. The minimum Gasteiger partial charge on any atom is -0.512 e. The maximum atomic E-state index is 11.8. The Morgan fingerprint density at radius 3 is 1.15 bits per heavy atom. The quantitative estimate of drug-likeness (QED) is 0.244. The molecule has 1 radical (unpaired) electrons. The van der Waals surface area contributed by atoms with Crippen LogP contribution in [0.3, 0.4) is 0 Å². The van der Waals surface area contributed by atoms with E-state index in [0.29, 0.717) is 24.0 Å². The zero-order chi connectivity index (χ0) is 24.3. The number of ketones is 2. The van der Waals surface area contributed by atoms with Crippen LogP contribution >= 0.6 is 0 Å². The molecule has 5 heteroatoms. The Labute approximate surface area is 208 Å². The van der Waals surface area contributed by atoms with Gasteiger partial charge in [0.1, 0.15) is 11.5 Å². The molecule has 33 heavy (non-hydrogen) atoms. The van der Waals surface area contributed by atoms with Crippen molar-refractivity contribution in [2.24, 2.45) is 11.8 Å². The third-order valence-electron chi connectivity index (χ3n) is 5.11. The molecule has 0 saturated heterocycles. The van der Waals surface area contributed by atoms with Crippen LogP contribution in [0.5, 0.6) is 0 Å². The molecule has 0 fully saturated rings. The van der Waals surface area contributed by atoms with Crippen LogP contribution in [0.1, 0.15) is 52.7 Å². The normalized spacial score (nSPS) is 12.1. The molecule has 4 nitrogen and oxygen atoms in total. The maximum Gasteiger partial charge on any atom is 0.166 e. The van der Waals surface area contributed by atoms with Gasteiger partial charge < -0.3 is 10.2 Å². The predicted octanol–water partition coefficient (Wildman–Crippen LogP) is 6.57. The molecule has 2 rings (SSSR count). The van der Waals surface area contributed by atoms with Gasteiger partial charge in [0.2, 0.25) is 0 Å². The molecule has 0 aliphatic rings. The number of rotatable bonds is 8. The van der Waals surface area contributed by atoms with Crippen molar-refractivity contribution in [1.29, 1.82) is 0 Å². The summed E-state index contributed by atoms with van der Waals surface area (Å²) in [6.45, 7) is 10.8. The van der Waals surface area contributed by atoms with Crippen LogP contribution in [-0.4, -0.2) is 21.8 Å². The number of carbonyl (C=O) groups excluding carboxylic acids is 2. The van der Waals surface area contributed by atoms with E-state index in [-0.39, 0.29) is 52.0 Å². The first-order chi connectivity index (χ1) is 15.0. The summed E-state index contributed by atoms with van der Waals surface area (Å²) in [5, 5.41) is 19.4. The van der Waals surface area contributed by atoms with Gasteiger partial charge in [-0.05, 0) is 25.0 Å². The minimum atomic E-state index is -0.0163. The second-order valence-corrected chi connectivity index (χ2v) is 8.50. The molecule has 0 aromatic heterocycles. The van der Waals surface area contributed by atoms with Crippen LogP contribution in [0.2, 0.25) is 0 Å². The molecule has 0 heterocycles. The summed E-state index contributed by atoms with van der Waals surface area (Å²) in [7, 11) is 0. The standard InChI is InChI=1S/2C14H18O2.Cu/c2*1-10(2)14(16)11(3)13(15)9-12-7-5-4-6-8-12;/h2*4-8,10,16H,9H2,1-3H3;/b2*14-11-;. The van der Waals surface area contributed by atoms with Crippen molar-refractivity contribution in [3.8, 4) is 0 Å². The second-order valence-electron chi connectivity index (χ2n) is 8.50. The summed E-state index contributed by atoms with van der Waals surface area (Å²) >= 11 is 0. The van der Waals surface area contributed by atoms with Crippen molar-refractivity contribution in [3.05, 3.63) is 94.5 Å². The van der Waals surface area contributed by atoms with E-state index in [9.17, 15) is 19.8 Å². The van der Waals surface area contributed by atoms with Crippen LogP contribution in [0.15, 0.2) is 83.3 Å². The molecule has 0 aliphatic heterocycles. The number of aliphatic hydroxyl groups is 2. The summed E-state index contributed by atoms with van der Waals surface area (Å²) in [6.07, 6.45) is 0.701. The molecule has 2 aromatic carbocycles. The Balaban J connectivity index is 0.000000602. The van der Waals surface area contributed by atoms with Crippen LogP contribution in [-0.2, 0) is 39.5 Å². The Kier molecular flexibility index (Phi) is 14.0. The fourth-order valence-corrected chi connectivity index (χ4v) is 2.98. The Bertz CT molecular complexity index is 863. The Hall–Kier alpha value is -2.62. The molecular formula is C28H36CuO4. The van der Waals surface area contributed by atoms with Gasteiger partial charge in [0, 0.05) is 52.9 Å². The van der Waals surface area contributed by atoms with Crippen molar-refractivity contribution in [2.75, 3.05) is 0 Å². The van der Waals surface area contributed by atoms with Crippen LogP contribution in [0.25, 0.3) is 0 Å². The first-order valence-corrected chi connectivity index (χ1v) is 11.0. The SMILES string of the molecule is C/C(C(=O)Cc1ccccc1)=C(/O)C(C)C.C/C(C(=O)Cc1ccccc1)=C(/O)C(C)C.[Cu]. The minimum absolute atomic E-state index is 0. The zero-order valence-corrected chi connectivity index (χ0v) is 21.3. The molecule has 0 saturated carbocycles. The summed E-state index contributed by atoms with van der Waals surface area (Å²) < 4.78 is 0. The monoisotopic (exact) mass is 499 g/mol. The van der Waals surface area contributed by atoms with Gasteiger partial charge >= 0.3 is 0 Å². The fraction of sp³-hybridized carbons (Fsp3) is 0.357. The number of carbonyl (C=O) groups is 2. The average Bonchev–Trinajstić information content (AvgIpc) is 2.78. The van der Waals surface area contributed by atoms with Gasteiger partial charge in [0.25, 0.3) is 0 Å². The van der Waals surface area contributed by atoms with E-state index >= 15 is 0 Å². The number of hydrogen-bond donors (Lipinski definition) is 2. The second kappa shape index (κ2) is 15.3. The molecule has 0 spiro atoms. The summed E-state index contributed by atoms with van der Waals surface area (Å²) in [5.41, 5.74) is 2.89. The topological polar surface area (TPSA) is 74.6 Å².